The fourth-order valence-electron chi connectivity index (χ4n) is 3.21. The number of nitrogens with one attached hydrogen (secondary N) is 1. The SMILES string of the molecule is Cc1ccc(C)c(C(=O)NCC2CCC(C)C2)c1C(=O)O. The van der Waals surface area contributed by atoms with E-state index in [1.165, 1.54) is 6.42 Å². The Morgan fingerprint density at radius 2 is 1.81 bits per heavy atom. The van der Waals surface area contributed by atoms with Crippen LogP contribution in [0.5, 0.6) is 0 Å². The summed E-state index contributed by atoms with van der Waals surface area (Å²) in [7, 11) is 0. The molecule has 1 aliphatic carbocycles. The Morgan fingerprint density at radius 3 is 2.33 bits per heavy atom. The normalized spacial score (nSPS) is 21.3. The van der Waals surface area contributed by atoms with Crippen molar-refractivity contribution in [1.82, 2.24) is 5.32 Å². The number of carboxylic acid groups (broad SMARTS) is 1. The van der Waals surface area contributed by atoms with E-state index < -0.39 is 5.97 Å². The molecule has 1 aromatic carbocycles. The molecule has 0 radical (unpaired) electrons. The van der Waals surface area contributed by atoms with Crippen molar-refractivity contribution in [2.24, 2.45) is 11.8 Å². The van der Waals surface area contributed by atoms with Gasteiger partial charge >= 0.3 is 5.97 Å². The van der Waals surface area contributed by atoms with Gasteiger partial charge in [-0.15, -0.1) is 0 Å². The number of benzene rings is 1. The number of carbonyl (C=O) groups excluding carboxylic acids is 1. The smallest absolute Gasteiger partial charge is 0.336 e. The highest BCUT2D eigenvalue weighted by molar-refractivity contribution is 6.06. The van der Waals surface area contributed by atoms with Gasteiger partial charge in [0, 0.05) is 6.54 Å². The molecule has 0 saturated heterocycles. The molecule has 0 spiro atoms. The number of aromatic carboxylic acids is 1. The fourth-order valence-corrected chi connectivity index (χ4v) is 3.21. The minimum atomic E-state index is -1.05. The molecule has 21 heavy (non-hydrogen) atoms. The Bertz CT molecular complexity index is 565. The lowest BCUT2D eigenvalue weighted by atomic mass is 9.96. The number of carbonyl (C=O) groups is 2. The van der Waals surface area contributed by atoms with Crippen LogP contribution < -0.4 is 5.32 Å². The summed E-state index contributed by atoms with van der Waals surface area (Å²) < 4.78 is 0. The predicted octanol–water partition coefficient (Wildman–Crippen LogP) is 3.17. The third-order valence-corrected chi connectivity index (χ3v) is 4.42. The maximum absolute atomic E-state index is 12.4. The minimum absolute atomic E-state index is 0.118. The Balaban J connectivity index is 2.15. The Kier molecular flexibility index (Phi) is 4.66. The first-order chi connectivity index (χ1) is 9.90. The third-order valence-electron chi connectivity index (χ3n) is 4.42. The van der Waals surface area contributed by atoms with E-state index in [0.29, 0.717) is 29.2 Å². The highest BCUT2D eigenvalue weighted by atomic mass is 16.4. The zero-order valence-electron chi connectivity index (χ0n) is 12.9. The molecule has 1 aromatic rings. The van der Waals surface area contributed by atoms with E-state index in [9.17, 15) is 14.7 Å². The lowest BCUT2D eigenvalue weighted by Crippen LogP contribution is -2.30. The maximum Gasteiger partial charge on any atom is 0.336 e. The molecule has 0 aliphatic heterocycles. The summed E-state index contributed by atoms with van der Waals surface area (Å²) in [6.45, 7) is 6.36. The van der Waals surface area contributed by atoms with Gasteiger partial charge in [-0.2, -0.15) is 0 Å². The fraction of sp³-hybridized carbons (Fsp3) is 0.529. The highest BCUT2D eigenvalue weighted by Gasteiger charge is 2.24. The van der Waals surface area contributed by atoms with Gasteiger partial charge in [-0.1, -0.05) is 25.5 Å². The molecule has 2 unspecified atom stereocenters. The molecule has 0 aromatic heterocycles. The van der Waals surface area contributed by atoms with Crippen molar-refractivity contribution < 1.29 is 14.7 Å². The topological polar surface area (TPSA) is 66.4 Å². The van der Waals surface area contributed by atoms with Crippen LogP contribution >= 0.6 is 0 Å². The lowest BCUT2D eigenvalue weighted by molar-refractivity contribution is 0.0690. The van der Waals surface area contributed by atoms with Gasteiger partial charge in [0.05, 0.1) is 11.1 Å². The van der Waals surface area contributed by atoms with Gasteiger partial charge in [-0.3, -0.25) is 4.79 Å². The van der Waals surface area contributed by atoms with Crippen LogP contribution in [-0.2, 0) is 0 Å². The molecule has 4 nitrogen and oxygen atoms in total. The van der Waals surface area contributed by atoms with Crippen molar-refractivity contribution in [1.29, 1.82) is 0 Å². The molecule has 1 saturated carbocycles. The molecule has 2 atom stereocenters. The van der Waals surface area contributed by atoms with Crippen molar-refractivity contribution in [3.63, 3.8) is 0 Å². The average molecular weight is 289 g/mol. The molecule has 1 aliphatic rings. The minimum Gasteiger partial charge on any atom is -0.478 e. The summed E-state index contributed by atoms with van der Waals surface area (Å²) in [6, 6.07) is 3.54. The molecular weight excluding hydrogens is 266 g/mol. The van der Waals surface area contributed by atoms with Gasteiger partial charge in [0.25, 0.3) is 5.91 Å². The second-order valence-electron chi connectivity index (χ2n) is 6.25. The van der Waals surface area contributed by atoms with Crippen LogP contribution in [0.4, 0.5) is 0 Å². The van der Waals surface area contributed by atoms with Gasteiger partial charge in [0.2, 0.25) is 0 Å². The van der Waals surface area contributed by atoms with Gasteiger partial charge in [0.1, 0.15) is 0 Å². The summed E-state index contributed by atoms with van der Waals surface area (Å²) >= 11 is 0. The standard InChI is InChI=1S/C17H23NO3/c1-10-4-7-13(8-10)9-18-16(19)14-11(2)5-6-12(3)15(14)17(20)21/h5-6,10,13H,4,7-9H2,1-3H3,(H,18,19)(H,20,21). The van der Waals surface area contributed by atoms with Gasteiger partial charge in [-0.05, 0) is 49.7 Å². The lowest BCUT2D eigenvalue weighted by Gasteiger charge is -2.15. The van der Waals surface area contributed by atoms with E-state index in [1.54, 1.807) is 26.0 Å². The quantitative estimate of drug-likeness (QED) is 0.894. The molecule has 2 N–H and O–H groups in total. The predicted molar refractivity (Wildman–Crippen MR) is 81.7 cm³/mol. The zero-order chi connectivity index (χ0) is 15.6. The summed E-state index contributed by atoms with van der Waals surface area (Å²) in [5.41, 5.74) is 1.74. The zero-order valence-corrected chi connectivity index (χ0v) is 12.9. The monoisotopic (exact) mass is 289 g/mol. The molecular formula is C17H23NO3. The van der Waals surface area contributed by atoms with E-state index >= 15 is 0 Å². The first kappa shape index (κ1) is 15.5. The second kappa shape index (κ2) is 6.29. The van der Waals surface area contributed by atoms with E-state index in [1.807, 2.05) is 0 Å². The third kappa shape index (κ3) is 3.43. The van der Waals surface area contributed by atoms with Crippen LogP contribution in [0, 0.1) is 25.7 Å². The number of aryl methyl sites for hydroxylation is 2. The summed E-state index contributed by atoms with van der Waals surface area (Å²) in [6.07, 6.45) is 3.49. The number of amides is 1. The highest BCUT2D eigenvalue weighted by Crippen LogP contribution is 2.29. The molecule has 114 valence electrons. The van der Waals surface area contributed by atoms with Gasteiger partial charge < -0.3 is 10.4 Å². The van der Waals surface area contributed by atoms with Crippen molar-refractivity contribution in [2.75, 3.05) is 6.54 Å². The van der Waals surface area contributed by atoms with Gasteiger partial charge in [-0.25, -0.2) is 4.79 Å². The van der Waals surface area contributed by atoms with E-state index in [4.69, 9.17) is 0 Å². The van der Waals surface area contributed by atoms with Crippen molar-refractivity contribution >= 4 is 11.9 Å². The largest absolute Gasteiger partial charge is 0.478 e. The van der Waals surface area contributed by atoms with Crippen LogP contribution in [0.25, 0.3) is 0 Å². The van der Waals surface area contributed by atoms with Crippen LogP contribution in [-0.4, -0.2) is 23.5 Å². The first-order valence-corrected chi connectivity index (χ1v) is 7.51. The Hall–Kier alpha value is -1.84. The summed E-state index contributed by atoms with van der Waals surface area (Å²) in [5, 5.41) is 12.3. The Labute approximate surface area is 125 Å². The molecule has 2 rings (SSSR count). The van der Waals surface area contributed by atoms with Crippen LogP contribution in [0.3, 0.4) is 0 Å². The van der Waals surface area contributed by atoms with E-state index in [-0.39, 0.29) is 11.5 Å². The second-order valence-corrected chi connectivity index (χ2v) is 6.25. The van der Waals surface area contributed by atoms with Crippen LogP contribution in [0.1, 0.15) is 58.0 Å². The van der Waals surface area contributed by atoms with E-state index in [0.717, 1.165) is 18.8 Å². The molecule has 4 heteroatoms. The van der Waals surface area contributed by atoms with E-state index in [2.05, 4.69) is 12.2 Å². The van der Waals surface area contributed by atoms with Crippen molar-refractivity contribution in [3.05, 3.63) is 34.4 Å². The maximum atomic E-state index is 12.4. The van der Waals surface area contributed by atoms with Crippen LogP contribution in [0.2, 0.25) is 0 Å². The number of carboxylic acids is 1. The number of hydrogen-bond acceptors (Lipinski definition) is 2. The summed E-state index contributed by atoms with van der Waals surface area (Å²) in [5.74, 6) is -0.0754. The first-order valence-electron chi connectivity index (χ1n) is 7.51. The molecule has 0 bridgehead atoms. The average Bonchev–Trinajstić information content (AvgIpc) is 2.83. The number of hydrogen-bond donors (Lipinski definition) is 2. The molecule has 0 heterocycles. The summed E-state index contributed by atoms with van der Waals surface area (Å²) in [4.78, 5) is 23.8. The molecule has 1 amide bonds. The van der Waals surface area contributed by atoms with Crippen molar-refractivity contribution in [3.8, 4) is 0 Å². The number of rotatable bonds is 4. The Morgan fingerprint density at radius 1 is 1.19 bits per heavy atom. The van der Waals surface area contributed by atoms with Gasteiger partial charge in [0.15, 0.2) is 0 Å². The molecule has 1 fully saturated rings. The van der Waals surface area contributed by atoms with Crippen LogP contribution in [0.15, 0.2) is 12.1 Å². The van der Waals surface area contributed by atoms with Crippen molar-refractivity contribution in [2.45, 2.75) is 40.0 Å².